The maximum absolute atomic E-state index is 12.5. The monoisotopic (exact) mass is 326 g/mol. The molecule has 1 aromatic carbocycles. The van der Waals surface area contributed by atoms with Crippen LogP contribution in [0.1, 0.15) is 51.4 Å². The van der Waals surface area contributed by atoms with Crippen LogP contribution in [0.5, 0.6) is 0 Å². The van der Waals surface area contributed by atoms with Gasteiger partial charge >= 0.3 is 0 Å². The summed E-state index contributed by atoms with van der Waals surface area (Å²) in [6, 6.07) is 9.52. The highest BCUT2D eigenvalue weighted by atomic mass is 31.2. The molecule has 23 heavy (non-hydrogen) atoms. The molecular formula is C21H27OP. The van der Waals surface area contributed by atoms with Crippen molar-refractivity contribution in [1.82, 2.24) is 0 Å². The quantitative estimate of drug-likeness (QED) is 0.264. The largest absolute Gasteiger partial charge is 0.305 e. The molecule has 0 heterocycles. The number of benzene rings is 1. The number of rotatable bonds is 8. The van der Waals surface area contributed by atoms with Crippen molar-refractivity contribution < 1.29 is 4.57 Å². The van der Waals surface area contributed by atoms with Gasteiger partial charge in [0.2, 0.25) is 0 Å². The molecule has 1 unspecified atom stereocenters. The Bertz CT molecular complexity index is 623. The highest BCUT2D eigenvalue weighted by Crippen LogP contribution is 2.37. The van der Waals surface area contributed by atoms with Gasteiger partial charge in [-0.1, -0.05) is 42.3 Å². The lowest BCUT2D eigenvalue weighted by molar-refractivity contribution is 0.591. The standard InChI is InChI=1S/C21H27OP/c1-3-4-5-6-7-8-9-10-11-12-13-17-20-23(2,22)21-18-15-14-16-19-21/h3,14-16,18-19H,1,4-7,10-13H2,2H3. The summed E-state index contributed by atoms with van der Waals surface area (Å²) in [5.74, 6) is 9.51. The molecule has 0 saturated heterocycles. The Balaban J connectivity index is 2.17. The van der Waals surface area contributed by atoms with E-state index in [0.717, 1.165) is 50.3 Å². The molecule has 1 rings (SSSR count). The lowest BCUT2D eigenvalue weighted by atomic mass is 10.1. The molecule has 0 aliphatic carbocycles. The van der Waals surface area contributed by atoms with E-state index in [9.17, 15) is 4.57 Å². The molecule has 1 aromatic rings. The van der Waals surface area contributed by atoms with Crippen molar-refractivity contribution in [2.75, 3.05) is 6.66 Å². The van der Waals surface area contributed by atoms with E-state index >= 15 is 0 Å². The molecule has 122 valence electrons. The fraction of sp³-hybridized carbons (Fsp3) is 0.429. The first-order valence-corrected chi connectivity index (χ1v) is 10.5. The maximum Gasteiger partial charge on any atom is 0.179 e. The van der Waals surface area contributed by atoms with Crippen molar-refractivity contribution >= 4 is 12.4 Å². The van der Waals surface area contributed by atoms with Crippen molar-refractivity contribution in [3.8, 4) is 23.4 Å². The molecule has 0 fully saturated rings. The Labute approximate surface area is 142 Å². The van der Waals surface area contributed by atoms with Gasteiger partial charge in [0.25, 0.3) is 0 Å². The van der Waals surface area contributed by atoms with E-state index < -0.39 is 7.14 Å². The summed E-state index contributed by atoms with van der Waals surface area (Å²) < 4.78 is 12.5. The molecule has 0 aromatic heterocycles. The Morgan fingerprint density at radius 1 is 0.957 bits per heavy atom. The second-order valence-corrected chi connectivity index (χ2v) is 8.23. The number of unbranched alkanes of at least 4 members (excludes halogenated alkanes) is 6. The van der Waals surface area contributed by atoms with E-state index in [1.54, 1.807) is 6.66 Å². The van der Waals surface area contributed by atoms with E-state index in [1.807, 2.05) is 36.4 Å². The molecule has 2 heteroatoms. The predicted molar refractivity (Wildman–Crippen MR) is 102 cm³/mol. The van der Waals surface area contributed by atoms with Crippen molar-refractivity contribution in [3.63, 3.8) is 0 Å². The molecule has 0 radical (unpaired) electrons. The van der Waals surface area contributed by atoms with Crippen molar-refractivity contribution in [2.45, 2.75) is 51.4 Å². The average molecular weight is 326 g/mol. The minimum absolute atomic E-state index is 0.797. The molecule has 0 bridgehead atoms. The van der Waals surface area contributed by atoms with Crippen LogP contribution in [0, 0.1) is 23.4 Å². The van der Waals surface area contributed by atoms with Gasteiger partial charge in [-0.25, -0.2) is 0 Å². The smallest absolute Gasteiger partial charge is 0.179 e. The second kappa shape index (κ2) is 11.8. The minimum Gasteiger partial charge on any atom is -0.305 e. The Hall–Kier alpha value is -1.69. The molecule has 0 saturated carbocycles. The van der Waals surface area contributed by atoms with Crippen molar-refractivity contribution in [2.24, 2.45) is 0 Å². The van der Waals surface area contributed by atoms with Gasteiger partial charge < -0.3 is 4.57 Å². The third-order valence-corrected chi connectivity index (χ3v) is 5.35. The average Bonchev–Trinajstić information content (AvgIpc) is 2.56. The first-order valence-electron chi connectivity index (χ1n) is 8.36. The van der Waals surface area contributed by atoms with Gasteiger partial charge in [-0.15, -0.1) is 18.4 Å². The van der Waals surface area contributed by atoms with Gasteiger partial charge in [-0.3, -0.25) is 0 Å². The Morgan fingerprint density at radius 2 is 1.52 bits per heavy atom. The number of allylic oxidation sites excluding steroid dienone is 1. The molecular weight excluding hydrogens is 299 g/mol. The Kier molecular flexibility index (Phi) is 9.95. The molecule has 0 N–H and O–H groups in total. The van der Waals surface area contributed by atoms with Gasteiger partial charge in [0.05, 0.1) is 0 Å². The van der Waals surface area contributed by atoms with Crippen molar-refractivity contribution in [1.29, 1.82) is 0 Å². The van der Waals surface area contributed by atoms with Gasteiger partial charge in [0, 0.05) is 31.2 Å². The van der Waals surface area contributed by atoms with E-state index in [0.29, 0.717) is 0 Å². The zero-order chi connectivity index (χ0) is 16.8. The SMILES string of the molecule is C=CCCCCC#CCCCCC#CP(C)(=O)c1ccccc1. The Morgan fingerprint density at radius 3 is 2.13 bits per heavy atom. The van der Waals surface area contributed by atoms with E-state index in [4.69, 9.17) is 0 Å². The van der Waals surface area contributed by atoms with Gasteiger partial charge in [-0.2, -0.15) is 0 Å². The van der Waals surface area contributed by atoms with E-state index in [1.165, 1.54) is 6.42 Å². The van der Waals surface area contributed by atoms with Crippen LogP contribution in [0.3, 0.4) is 0 Å². The van der Waals surface area contributed by atoms with Crippen LogP contribution in [-0.4, -0.2) is 6.66 Å². The summed E-state index contributed by atoms with van der Waals surface area (Å²) in [4.78, 5) is 0. The second-order valence-electron chi connectivity index (χ2n) is 5.64. The van der Waals surface area contributed by atoms with Crippen LogP contribution in [0.25, 0.3) is 0 Å². The highest BCUT2D eigenvalue weighted by molar-refractivity contribution is 7.75. The third kappa shape index (κ3) is 9.13. The molecule has 0 aliphatic rings. The van der Waals surface area contributed by atoms with Crippen LogP contribution < -0.4 is 5.30 Å². The summed E-state index contributed by atoms with van der Waals surface area (Å²) >= 11 is 0. The predicted octanol–water partition coefficient (Wildman–Crippen LogP) is 5.58. The van der Waals surface area contributed by atoms with Crippen LogP contribution in [0.4, 0.5) is 0 Å². The number of hydrogen-bond donors (Lipinski definition) is 0. The first kappa shape index (κ1) is 19.4. The molecule has 0 aliphatic heterocycles. The summed E-state index contributed by atoms with van der Waals surface area (Å²) in [5.41, 5.74) is 2.97. The van der Waals surface area contributed by atoms with Crippen molar-refractivity contribution in [3.05, 3.63) is 43.0 Å². The molecule has 0 amide bonds. The normalized spacial score (nSPS) is 12.2. The summed E-state index contributed by atoms with van der Waals surface area (Å²) in [7, 11) is -2.52. The fourth-order valence-electron chi connectivity index (χ4n) is 2.09. The lowest BCUT2D eigenvalue weighted by Gasteiger charge is -2.04. The van der Waals surface area contributed by atoms with Crippen LogP contribution in [-0.2, 0) is 4.57 Å². The van der Waals surface area contributed by atoms with Crippen LogP contribution in [0.2, 0.25) is 0 Å². The maximum atomic E-state index is 12.5. The van der Waals surface area contributed by atoms with E-state index in [2.05, 4.69) is 30.0 Å². The van der Waals surface area contributed by atoms with Gasteiger partial charge in [-0.05, 0) is 37.8 Å². The van der Waals surface area contributed by atoms with Gasteiger partial charge in [0.15, 0.2) is 7.14 Å². The minimum atomic E-state index is -2.52. The topological polar surface area (TPSA) is 17.1 Å². The lowest BCUT2D eigenvalue weighted by Crippen LogP contribution is -2.00. The number of hydrogen-bond acceptors (Lipinski definition) is 1. The zero-order valence-corrected chi connectivity index (χ0v) is 15.1. The third-order valence-electron chi connectivity index (χ3n) is 3.48. The highest BCUT2D eigenvalue weighted by Gasteiger charge is 2.13. The van der Waals surface area contributed by atoms with E-state index in [-0.39, 0.29) is 0 Å². The molecule has 0 spiro atoms. The summed E-state index contributed by atoms with van der Waals surface area (Å²) in [6.45, 7) is 5.45. The van der Waals surface area contributed by atoms with Crippen LogP contribution >= 0.6 is 7.14 Å². The first-order chi connectivity index (χ1) is 11.2. The fourth-order valence-corrected chi connectivity index (χ4v) is 3.37. The zero-order valence-electron chi connectivity index (χ0n) is 14.2. The van der Waals surface area contributed by atoms with Gasteiger partial charge in [0.1, 0.15) is 0 Å². The summed E-state index contributed by atoms with van der Waals surface area (Å²) in [5, 5.41) is 0.842. The summed E-state index contributed by atoms with van der Waals surface area (Å²) in [6.07, 6.45) is 10.2. The molecule has 1 nitrogen and oxygen atoms in total. The van der Waals surface area contributed by atoms with Crippen LogP contribution in [0.15, 0.2) is 43.0 Å². The molecule has 1 atom stereocenters.